The number of carbonyl (C=O) groups is 5. The number of carbonyl (C=O) groups excluding carboxylic acids is 3. The van der Waals surface area contributed by atoms with E-state index in [1.54, 1.807) is 0 Å². The average molecular weight is 1050 g/mol. The van der Waals surface area contributed by atoms with Crippen molar-refractivity contribution < 1.29 is 60.5 Å². The molecule has 21 heteroatoms. The summed E-state index contributed by atoms with van der Waals surface area (Å²) in [6.45, 7) is 2.26. The minimum absolute atomic E-state index is 0.169. The largest absolute Gasteiger partial charge is 0.490 e. The first-order valence-electron chi connectivity index (χ1n) is 16.2. The summed E-state index contributed by atoms with van der Waals surface area (Å²) < 4.78 is 66.8. The molecule has 0 aliphatic carbocycles. The Labute approximate surface area is 347 Å². The molecule has 0 bridgehead atoms. The number of barbiturate groups is 1. The Kier molecular flexibility index (Phi) is 20.5. The summed E-state index contributed by atoms with van der Waals surface area (Å²) in [4.78, 5) is 67.4. The Bertz CT molecular complexity index is 1500. The second-order valence-electron chi connectivity index (χ2n) is 12.8. The number of hydrogen-bond donors (Lipinski definition) is 2. The predicted molar refractivity (Wildman–Crippen MR) is 205 cm³/mol. The molecule has 0 spiro atoms. The number of nitrogens with zero attached hydrogens (tertiary/aromatic N) is 4. The van der Waals surface area contributed by atoms with Crippen molar-refractivity contribution in [2.45, 2.75) is 50.9 Å². The molecule has 11 nitrogen and oxygen atoms in total. The van der Waals surface area contributed by atoms with Crippen LogP contribution in [-0.4, -0.2) is 126 Å². The number of benzene rings is 2. The Morgan fingerprint density at radius 3 is 1.11 bits per heavy atom. The van der Waals surface area contributed by atoms with E-state index < -0.39 is 47.6 Å². The third-order valence-corrected chi connectivity index (χ3v) is 9.42. The van der Waals surface area contributed by atoms with Crippen LogP contribution in [0.25, 0.3) is 0 Å². The topological polar surface area (TPSA) is 139 Å². The van der Waals surface area contributed by atoms with Crippen molar-refractivity contribution in [3.63, 3.8) is 0 Å². The molecule has 0 unspecified atom stereocenters. The fourth-order valence-electron chi connectivity index (χ4n) is 5.21. The highest BCUT2D eigenvalue weighted by Gasteiger charge is 2.57. The van der Waals surface area contributed by atoms with Crippen molar-refractivity contribution in [1.29, 1.82) is 0 Å². The zero-order valence-corrected chi connectivity index (χ0v) is 36.4. The quantitative estimate of drug-likeness (QED) is 0.109. The number of unbranched alkanes of at least 4 members (excludes halogenated alkanes) is 2. The SMILES string of the molecule is CN(C)CCCCN1C(=O)N(CCCCN(C)C)C(=O)C(Cc2cc(Br)cc(Br)c2)(Cc2cc(Br)cc(Br)c2)C1=O.O=C(O)C(F)(F)F.O=C(O)C(F)(F)F. The van der Waals surface area contributed by atoms with E-state index in [1.165, 1.54) is 9.80 Å². The number of hydrogen-bond acceptors (Lipinski definition) is 7. The van der Waals surface area contributed by atoms with Gasteiger partial charge < -0.3 is 20.0 Å². The van der Waals surface area contributed by atoms with E-state index in [-0.39, 0.29) is 25.9 Å². The van der Waals surface area contributed by atoms with Crippen LogP contribution in [0.3, 0.4) is 0 Å². The van der Waals surface area contributed by atoms with Gasteiger partial charge in [0.05, 0.1) is 0 Å². The highest BCUT2D eigenvalue weighted by atomic mass is 79.9. The van der Waals surface area contributed by atoms with Crippen LogP contribution in [0.1, 0.15) is 36.8 Å². The summed E-state index contributed by atoms with van der Waals surface area (Å²) in [6, 6.07) is 11.1. The van der Waals surface area contributed by atoms with E-state index in [9.17, 15) is 40.7 Å². The van der Waals surface area contributed by atoms with E-state index in [4.69, 9.17) is 19.8 Å². The van der Waals surface area contributed by atoms with Crippen molar-refractivity contribution in [3.8, 4) is 0 Å². The van der Waals surface area contributed by atoms with Gasteiger partial charge >= 0.3 is 30.3 Å². The van der Waals surface area contributed by atoms with Gasteiger partial charge in [0.25, 0.3) is 0 Å². The number of carboxylic acid groups (broad SMARTS) is 2. The van der Waals surface area contributed by atoms with Gasteiger partial charge in [0.15, 0.2) is 0 Å². The number of rotatable bonds is 14. The normalized spacial score (nSPS) is 14.4. The number of alkyl halides is 6. The fraction of sp³-hybridized carbons (Fsp3) is 0.500. The van der Waals surface area contributed by atoms with Crippen LogP contribution in [0.15, 0.2) is 54.3 Å². The summed E-state index contributed by atoms with van der Waals surface area (Å²) >= 11 is 14.2. The molecule has 308 valence electrons. The molecule has 4 amide bonds. The van der Waals surface area contributed by atoms with Gasteiger partial charge in [0.1, 0.15) is 5.41 Å². The van der Waals surface area contributed by atoms with Gasteiger partial charge in [-0.25, -0.2) is 14.4 Å². The van der Waals surface area contributed by atoms with Gasteiger partial charge in [0.2, 0.25) is 11.8 Å². The monoisotopic (exact) mass is 1050 g/mol. The molecule has 55 heavy (non-hydrogen) atoms. The molecule has 1 saturated heterocycles. The zero-order valence-electron chi connectivity index (χ0n) is 30.0. The molecular formula is C34H40Br4F6N4O7. The first-order chi connectivity index (χ1) is 25.2. The molecule has 2 aromatic carbocycles. The van der Waals surface area contributed by atoms with E-state index in [2.05, 4.69) is 73.5 Å². The standard InChI is InChI=1S/C30H38Br4N4O3.2C2HF3O2/c1-35(2)9-5-7-11-37-27(39)30(19-21-13-23(31)17-24(32)14-21,20-22-15-25(33)18-26(34)16-22)28(40)38(29(37)41)12-8-6-10-36(3)4;2*3-2(4,5)1(6)7/h13-18H,5-12,19-20H2,1-4H3;2*(H,6,7). The lowest BCUT2D eigenvalue weighted by Crippen LogP contribution is -2.66. The number of urea groups is 1. The Balaban J connectivity index is 0.000000913. The van der Waals surface area contributed by atoms with Crippen molar-refractivity contribution >= 4 is 93.5 Å². The van der Waals surface area contributed by atoms with E-state index >= 15 is 0 Å². The molecule has 0 saturated carbocycles. The predicted octanol–water partition coefficient (Wildman–Crippen LogP) is 8.25. The molecule has 0 radical (unpaired) electrons. The van der Waals surface area contributed by atoms with Gasteiger partial charge in [-0.1, -0.05) is 63.7 Å². The summed E-state index contributed by atoms with van der Waals surface area (Å²) in [6.07, 6.45) is -6.82. The fourth-order valence-corrected chi connectivity index (χ4v) is 7.98. The lowest BCUT2D eigenvalue weighted by molar-refractivity contribution is -0.193. The Hall–Kier alpha value is -2.59. The van der Waals surface area contributed by atoms with Crippen LogP contribution in [0, 0.1) is 5.41 Å². The number of halogens is 10. The molecule has 2 N–H and O–H groups in total. The minimum atomic E-state index is -5.08. The first kappa shape index (κ1) is 50.4. The number of imide groups is 2. The average Bonchev–Trinajstić information content (AvgIpc) is 3.01. The Morgan fingerprint density at radius 1 is 0.600 bits per heavy atom. The summed E-state index contributed by atoms with van der Waals surface area (Å²) in [5, 5.41) is 14.2. The van der Waals surface area contributed by atoms with Gasteiger partial charge in [-0.2, -0.15) is 26.3 Å². The van der Waals surface area contributed by atoms with E-state index in [0.29, 0.717) is 12.8 Å². The molecule has 1 aliphatic heterocycles. The molecular weight excluding hydrogens is 1010 g/mol. The van der Waals surface area contributed by atoms with Crippen molar-refractivity contribution in [1.82, 2.24) is 19.6 Å². The van der Waals surface area contributed by atoms with Gasteiger partial charge in [-0.3, -0.25) is 19.4 Å². The van der Waals surface area contributed by atoms with Crippen LogP contribution in [-0.2, 0) is 32.0 Å². The first-order valence-corrected chi connectivity index (χ1v) is 19.4. The molecule has 0 aromatic heterocycles. The minimum Gasteiger partial charge on any atom is -0.475 e. The van der Waals surface area contributed by atoms with Crippen LogP contribution in [0.5, 0.6) is 0 Å². The molecule has 0 atom stereocenters. The maximum atomic E-state index is 14.5. The number of carboxylic acids is 2. The van der Waals surface area contributed by atoms with E-state index in [0.717, 1.165) is 54.9 Å². The van der Waals surface area contributed by atoms with Gasteiger partial charge in [-0.15, -0.1) is 0 Å². The highest BCUT2D eigenvalue weighted by molar-refractivity contribution is 9.11. The lowest BCUT2D eigenvalue weighted by Gasteiger charge is -2.44. The van der Waals surface area contributed by atoms with Crippen molar-refractivity contribution in [3.05, 3.63) is 65.4 Å². The maximum Gasteiger partial charge on any atom is 0.490 e. The molecule has 1 fully saturated rings. The molecule has 1 aliphatic rings. The molecule has 1 heterocycles. The van der Waals surface area contributed by atoms with Crippen LogP contribution < -0.4 is 0 Å². The van der Waals surface area contributed by atoms with Gasteiger partial charge in [0, 0.05) is 31.0 Å². The van der Waals surface area contributed by atoms with Crippen molar-refractivity contribution in [2.24, 2.45) is 5.41 Å². The van der Waals surface area contributed by atoms with Crippen LogP contribution in [0.2, 0.25) is 0 Å². The lowest BCUT2D eigenvalue weighted by atomic mass is 9.72. The zero-order chi connectivity index (χ0) is 42.5. The third kappa shape index (κ3) is 17.2. The molecule has 3 rings (SSSR count). The van der Waals surface area contributed by atoms with Crippen molar-refractivity contribution in [2.75, 3.05) is 54.4 Å². The molecule has 2 aromatic rings. The second-order valence-corrected chi connectivity index (χ2v) is 16.5. The van der Waals surface area contributed by atoms with Crippen LogP contribution >= 0.6 is 63.7 Å². The number of amides is 4. The second kappa shape index (κ2) is 22.4. The summed E-state index contributed by atoms with van der Waals surface area (Å²) in [5.74, 6) is -6.36. The summed E-state index contributed by atoms with van der Waals surface area (Å²) in [7, 11) is 8.01. The highest BCUT2D eigenvalue weighted by Crippen LogP contribution is 2.39. The number of aliphatic carboxylic acids is 2. The van der Waals surface area contributed by atoms with Crippen LogP contribution in [0.4, 0.5) is 31.1 Å². The third-order valence-electron chi connectivity index (χ3n) is 7.59. The van der Waals surface area contributed by atoms with E-state index in [1.807, 2.05) is 64.6 Å². The Morgan fingerprint density at radius 2 is 0.873 bits per heavy atom. The van der Waals surface area contributed by atoms with Gasteiger partial charge in [-0.05, 0) is 127 Å². The smallest absolute Gasteiger partial charge is 0.475 e. The maximum absolute atomic E-state index is 14.5. The summed E-state index contributed by atoms with van der Waals surface area (Å²) in [5.41, 5.74) is 0.185.